The second kappa shape index (κ2) is 7.45. The molecular weight excluding hydrogens is 250 g/mol. The van der Waals surface area contributed by atoms with Gasteiger partial charge in [0, 0.05) is 17.5 Å². The Morgan fingerprint density at radius 2 is 2.39 bits per heavy atom. The Balaban J connectivity index is 2.39. The van der Waals surface area contributed by atoms with E-state index in [4.69, 9.17) is 4.74 Å². The van der Waals surface area contributed by atoms with E-state index >= 15 is 0 Å². The van der Waals surface area contributed by atoms with Gasteiger partial charge in [-0.15, -0.1) is 17.9 Å². The van der Waals surface area contributed by atoms with Crippen LogP contribution in [0.25, 0.3) is 6.08 Å². The van der Waals surface area contributed by atoms with Gasteiger partial charge in [-0.2, -0.15) is 0 Å². The maximum atomic E-state index is 11.4. The number of ether oxygens (including phenoxy) is 1. The third-order valence-electron chi connectivity index (χ3n) is 2.01. The number of esters is 1. The van der Waals surface area contributed by atoms with Gasteiger partial charge < -0.3 is 10.1 Å². The summed E-state index contributed by atoms with van der Waals surface area (Å²) in [7, 11) is 0. The summed E-state index contributed by atoms with van der Waals surface area (Å²) in [4.78, 5) is 23.8. The first kappa shape index (κ1) is 14.2. The van der Waals surface area contributed by atoms with E-state index in [2.05, 4.69) is 11.9 Å². The van der Waals surface area contributed by atoms with Crippen molar-refractivity contribution in [1.29, 1.82) is 0 Å². The molecule has 0 aromatic carbocycles. The summed E-state index contributed by atoms with van der Waals surface area (Å²) in [6.45, 7) is 5.35. The Bertz CT molecular complexity index is 437. The van der Waals surface area contributed by atoms with Crippen molar-refractivity contribution < 1.29 is 14.3 Å². The molecule has 0 aliphatic carbocycles. The minimum absolute atomic E-state index is 0.340. The Kier molecular flexibility index (Phi) is 5.87. The molecule has 0 spiro atoms. The number of carbonyl (C=O) groups excluding carboxylic acids is 2. The van der Waals surface area contributed by atoms with Gasteiger partial charge in [0.15, 0.2) is 6.10 Å². The van der Waals surface area contributed by atoms with Crippen LogP contribution in [-0.4, -0.2) is 24.5 Å². The Morgan fingerprint density at radius 1 is 1.61 bits per heavy atom. The average Bonchev–Trinajstić information content (AvgIpc) is 2.86. The number of hydrogen-bond acceptors (Lipinski definition) is 4. The zero-order chi connectivity index (χ0) is 13.4. The molecule has 0 aliphatic rings. The van der Waals surface area contributed by atoms with Gasteiger partial charge in [-0.3, -0.25) is 4.79 Å². The van der Waals surface area contributed by atoms with Crippen LogP contribution in [0.15, 0.2) is 36.2 Å². The summed E-state index contributed by atoms with van der Waals surface area (Å²) in [6.07, 6.45) is 3.71. The smallest absolute Gasteiger partial charge is 0.331 e. The third-order valence-corrected chi connectivity index (χ3v) is 2.85. The largest absolute Gasteiger partial charge is 0.449 e. The number of nitrogens with one attached hydrogen (secondary N) is 1. The molecule has 96 valence electrons. The molecular formula is C13H15NO3S. The van der Waals surface area contributed by atoms with Crippen molar-refractivity contribution in [3.05, 3.63) is 41.1 Å². The van der Waals surface area contributed by atoms with Gasteiger partial charge in [0.1, 0.15) is 0 Å². The standard InChI is InChI=1S/C13H15NO3S/c1-3-8-14-13(16)10(2)17-12(15)7-6-11-5-4-9-18-11/h3-7,9-10H,1,8H2,2H3,(H,14,16)/b7-6+/t10-/m1/s1. The van der Waals surface area contributed by atoms with Crippen LogP contribution >= 0.6 is 11.3 Å². The molecule has 1 N–H and O–H groups in total. The van der Waals surface area contributed by atoms with Gasteiger partial charge in [0.05, 0.1) is 0 Å². The molecule has 1 heterocycles. The Morgan fingerprint density at radius 3 is 3.00 bits per heavy atom. The molecule has 1 aromatic rings. The van der Waals surface area contributed by atoms with E-state index in [0.29, 0.717) is 6.54 Å². The van der Waals surface area contributed by atoms with Crippen molar-refractivity contribution in [2.75, 3.05) is 6.54 Å². The lowest BCUT2D eigenvalue weighted by atomic mass is 10.3. The number of hydrogen-bond donors (Lipinski definition) is 1. The molecule has 5 heteroatoms. The van der Waals surface area contributed by atoms with Gasteiger partial charge in [0.25, 0.3) is 5.91 Å². The molecule has 0 radical (unpaired) electrons. The predicted molar refractivity (Wildman–Crippen MR) is 72.1 cm³/mol. The molecule has 4 nitrogen and oxygen atoms in total. The highest BCUT2D eigenvalue weighted by Gasteiger charge is 2.15. The highest BCUT2D eigenvalue weighted by Crippen LogP contribution is 2.10. The second-order valence-corrected chi connectivity index (χ2v) is 4.44. The van der Waals surface area contributed by atoms with Crippen LogP contribution in [0.4, 0.5) is 0 Å². The van der Waals surface area contributed by atoms with E-state index in [-0.39, 0.29) is 5.91 Å². The zero-order valence-electron chi connectivity index (χ0n) is 10.1. The van der Waals surface area contributed by atoms with Crippen molar-refractivity contribution in [1.82, 2.24) is 5.32 Å². The summed E-state index contributed by atoms with van der Waals surface area (Å²) >= 11 is 1.52. The molecule has 0 saturated heterocycles. The molecule has 0 aliphatic heterocycles. The molecule has 0 fully saturated rings. The lowest BCUT2D eigenvalue weighted by Gasteiger charge is -2.10. The number of rotatable bonds is 6. The van der Waals surface area contributed by atoms with Crippen LogP contribution in [-0.2, 0) is 14.3 Å². The monoisotopic (exact) mass is 265 g/mol. The third kappa shape index (κ3) is 4.97. The summed E-state index contributed by atoms with van der Waals surface area (Å²) in [5.41, 5.74) is 0. The van der Waals surface area contributed by atoms with Crippen LogP contribution in [0.3, 0.4) is 0 Å². The summed E-state index contributed by atoms with van der Waals surface area (Å²) in [5.74, 6) is -0.877. The fraction of sp³-hybridized carbons (Fsp3) is 0.231. The average molecular weight is 265 g/mol. The molecule has 1 aromatic heterocycles. The van der Waals surface area contributed by atoms with Crippen molar-refractivity contribution in [3.63, 3.8) is 0 Å². The first-order chi connectivity index (χ1) is 8.63. The molecule has 0 unspecified atom stereocenters. The van der Waals surface area contributed by atoms with Gasteiger partial charge in [-0.05, 0) is 24.4 Å². The van der Waals surface area contributed by atoms with Gasteiger partial charge in [-0.1, -0.05) is 12.1 Å². The summed E-state index contributed by atoms with van der Waals surface area (Å²) in [6, 6.07) is 3.77. The van der Waals surface area contributed by atoms with Crippen molar-refractivity contribution >= 4 is 29.3 Å². The lowest BCUT2D eigenvalue weighted by Crippen LogP contribution is -2.35. The highest BCUT2D eigenvalue weighted by molar-refractivity contribution is 7.10. The predicted octanol–water partition coefficient (Wildman–Crippen LogP) is 2.00. The summed E-state index contributed by atoms with van der Waals surface area (Å²) in [5, 5.41) is 4.46. The maximum Gasteiger partial charge on any atom is 0.331 e. The van der Waals surface area contributed by atoms with Crippen molar-refractivity contribution in [3.8, 4) is 0 Å². The lowest BCUT2D eigenvalue weighted by molar-refractivity contribution is -0.150. The van der Waals surface area contributed by atoms with Crippen molar-refractivity contribution in [2.24, 2.45) is 0 Å². The number of thiophene rings is 1. The van der Waals surface area contributed by atoms with Crippen molar-refractivity contribution in [2.45, 2.75) is 13.0 Å². The zero-order valence-corrected chi connectivity index (χ0v) is 10.9. The van der Waals surface area contributed by atoms with E-state index in [1.807, 2.05) is 17.5 Å². The second-order valence-electron chi connectivity index (χ2n) is 3.46. The quantitative estimate of drug-likeness (QED) is 0.486. The van der Waals surface area contributed by atoms with Crippen LogP contribution in [0.5, 0.6) is 0 Å². The van der Waals surface area contributed by atoms with Gasteiger partial charge >= 0.3 is 5.97 Å². The first-order valence-electron chi connectivity index (χ1n) is 5.44. The highest BCUT2D eigenvalue weighted by atomic mass is 32.1. The fourth-order valence-corrected chi connectivity index (χ4v) is 1.74. The maximum absolute atomic E-state index is 11.4. The number of amides is 1. The molecule has 0 bridgehead atoms. The van der Waals surface area contributed by atoms with E-state index in [1.54, 1.807) is 12.2 Å². The normalized spacial score (nSPS) is 12.1. The van der Waals surface area contributed by atoms with E-state index in [1.165, 1.54) is 24.3 Å². The minimum atomic E-state index is -0.814. The van der Waals surface area contributed by atoms with Crippen LogP contribution in [0, 0.1) is 0 Å². The van der Waals surface area contributed by atoms with E-state index in [0.717, 1.165) is 4.88 Å². The number of carbonyl (C=O) groups is 2. The fourth-order valence-electron chi connectivity index (χ4n) is 1.12. The van der Waals surface area contributed by atoms with Gasteiger partial charge in [0.2, 0.25) is 0 Å². The Labute approximate surface area is 110 Å². The molecule has 1 rings (SSSR count). The Hall–Kier alpha value is -1.88. The SMILES string of the molecule is C=CCNC(=O)[C@@H](C)OC(=O)/C=C/c1cccs1. The van der Waals surface area contributed by atoms with Crippen LogP contribution < -0.4 is 5.32 Å². The molecule has 1 atom stereocenters. The van der Waals surface area contributed by atoms with Crippen LogP contribution in [0.1, 0.15) is 11.8 Å². The topological polar surface area (TPSA) is 55.4 Å². The van der Waals surface area contributed by atoms with E-state index in [9.17, 15) is 9.59 Å². The first-order valence-corrected chi connectivity index (χ1v) is 6.32. The molecule has 1 amide bonds. The summed E-state index contributed by atoms with van der Waals surface area (Å²) < 4.78 is 4.94. The molecule has 18 heavy (non-hydrogen) atoms. The molecule has 0 saturated carbocycles. The van der Waals surface area contributed by atoms with Crippen LogP contribution in [0.2, 0.25) is 0 Å². The minimum Gasteiger partial charge on any atom is -0.449 e. The van der Waals surface area contributed by atoms with Gasteiger partial charge in [-0.25, -0.2) is 4.79 Å². The van der Waals surface area contributed by atoms with E-state index < -0.39 is 12.1 Å².